The zero-order valence-electron chi connectivity index (χ0n) is 15.5. The van der Waals surface area contributed by atoms with E-state index in [0.29, 0.717) is 12.8 Å². The van der Waals surface area contributed by atoms with Crippen molar-refractivity contribution in [1.82, 2.24) is 20.0 Å². The molecule has 0 unspecified atom stereocenters. The molecule has 144 valence electrons. The lowest BCUT2D eigenvalue weighted by molar-refractivity contribution is -0.140. The third-order valence-corrected chi connectivity index (χ3v) is 6.18. The van der Waals surface area contributed by atoms with Crippen molar-refractivity contribution in [3.8, 4) is 0 Å². The maximum atomic E-state index is 13.5. The summed E-state index contributed by atoms with van der Waals surface area (Å²) >= 11 is 0. The van der Waals surface area contributed by atoms with Crippen LogP contribution in [-0.2, 0) is 16.6 Å². The van der Waals surface area contributed by atoms with E-state index in [1.807, 2.05) is 14.0 Å². The molecule has 1 aromatic rings. The number of nitrogens with one attached hydrogen (secondary N) is 1. The van der Waals surface area contributed by atoms with E-state index in [-0.39, 0.29) is 43.7 Å². The fraction of sp³-hybridized carbons (Fsp3) is 0.722. The van der Waals surface area contributed by atoms with Crippen LogP contribution in [0.1, 0.15) is 49.4 Å². The normalized spacial score (nSPS) is 25.3. The number of hydrogen-bond acceptors (Lipinski definition) is 3. The molecule has 2 aliphatic rings. The van der Waals surface area contributed by atoms with Gasteiger partial charge in [0, 0.05) is 44.2 Å². The molecule has 0 bridgehead atoms. The number of likely N-dealkylation sites (tertiary alicyclic amines) is 1. The molecule has 2 atom stereocenters. The number of aromatic nitrogens is 2. The zero-order valence-corrected chi connectivity index (χ0v) is 15.5. The Morgan fingerprint density at radius 3 is 2.58 bits per heavy atom. The topological polar surface area (TPSA) is 67.2 Å². The van der Waals surface area contributed by atoms with Gasteiger partial charge in [0.2, 0.25) is 11.8 Å². The molecule has 2 amide bonds. The molecule has 2 fully saturated rings. The van der Waals surface area contributed by atoms with Gasteiger partial charge < -0.3 is 10.2 Å². The molecule has 8 heteroatoms. The number of carbonyl (C=O) groups is 2. The van der Waals surface area contributed by atoms with Crippen molar-refractivity contribution >= 4 is 11.8 Å². The first-order valence-electron chi connectivity index (χ1n) is 9.08. The first-order valence-corrected chi connectivity index (χ1v) is 9.08. The second-order valence-corrected chi connectivity index (χ2v) is 7.60. The first kappa shape index (κ1) is 18.8. The van der Waals surface area contributed by atoms with Gasteiger partial charge in [-0.2, -0.15) is 5.10 Å². The predicted molar refractivity (Wildman–Crippen MR) is 91.5 cm³/mol. The maximum absolute atomic E-state index is 13.5. The molecule has 1 aliphatic heterocycles. The van der Waals surface area contributed by atoms with Gasteiger partial charge in [0.25, 0.3) is 6.43 Å². The summed E-state index contributed by atoms with van der Waals surface area (Å²) in [5.41, 5.74) is 0.325. The van der Waals surface area contributed by atoms with Crippen LogP contribution in [0.25, 0.3) is 0 Å². The minimum atomic E-state index is -2.66. The van der Waals surface area contributed by atoms with Gasteiger partial charge >= 0.3 is 0 Å². The summed E-state index contributed by atoms with van der Waals surface area (Å²) in [6.07, 6.45) is 1.13. The lowest BCUT2D eigenvalue weighted by Crippen LogP contribution is -2.46. The van der Waals surface area contributed by atoms with E-state index in [1.54, 1.807) is 22.8 Å². The predicted octanol–water partition coefficient (Wildman–Crippen LogP) is 2.19. The molecular weight excluding hydrogens is 342 g/mol. The summed E-state index contributed by atoms with van der Waals surface area (Å²) in [6, 6.07) is -0.206. The third-order valence-electron chi connectivity index (χ3n) is 6.18. The quantitative estimate of drug-likeness (QED) is 0.866. The second-order valence-electron chi connectivity index (χ2n) is 7.60. The number of rotatable bonds is 5. The molecule has 26 heavy (non-hydrogen) atoms. The van der Waals surface area contributed by atoms with Crippen molar-refractivity contribution < 1.29 is 18.4 Å². The molecule has 2 heterocycles. The Bertz CT molecular complexity index is 697. The zero-order chi connectivity index (χ0) is 19.1. The van der Waals surface area contributed by atoms with Crippen molar-refractivity contribution in [2.45, 2.75) is 51.5 Å². The Hall–Kier alpha value is -1.99. The minimum Gasteiger partial charge on any atom is -0.355 e. The van der Waals surface area contributed by atoms with E-state index < -0.39 is 17.7 Å². The van der Waals surface area contributed by atoms with E-state index in [9.17, 15) is 18.4 Å². The van der Waals surface area contributed by atoms with Crippen LogP contribution in [0.2, 0.25) is 0 Å². The van der Waals surface area contributed by atoms with Gasteiger partial charge in [0.1, 0.15) is 5.41 Å². The smallest absolute Gasteiger partial charge is 0.252 e. The summed E-state index contributed by atoms with van der Waals surface area (Å²) in [6.45, 7) is 2.14. The number of amides is 2. The van der Waals surface area contributed by atoms with E-state index in [1.165, 1.54) is 0 Å². The summed E-state index contributed by atoms with van der Waals surface area (Å²) in [4.78, 5) is 26.4. The molecule has 1 saturated heterocycles. The fourth-order valence-corrected chi connectivity index (χ4v) is 4.35. The van der Waals surface area contributed by atoms with Crippen LogP contribution in [0.4, 0.5) is 8.78 Å². The van der Waals surface area contributed by atoms with Gasteiger partial charge in [-0.15, -0.1) is 0 Å². The Morgan fingerprint density at radius 1 is 1.38 bits per heavy atom. The van der Waals surface area contributed by atoms with Gasteiger partial charge in [-0.05, 0) is 19.8 Å². The maximum Gasteiger partial charge on any atom is 0.252 e. The highest BCUT2D eigenvalue weighted by Gasteiger charge is 2.49. The van der Waals surface area contributed by atoms with Crippen LogP contribution in [0, 0.1) is 18.3 Å². The molecule has 0 radical (unpaired) electrons. The summed E-state index contributed by atoms with van der Waals surface area (Å²) in [7, 11) is 3.57. The molecule has 6 nitrogen and oxygen atoms in total. The molecule has 1 aliphatic carbocycles. The van der Waals surface area contributed by atoms with Crippen LogP contribution >= 0.6 is 0 Å². The molecule has 1 aromatic heterocycles. The summed E-state index contributed by atoms with van der Waals surface area (Å²) in [5.74, 6) is -0.744. The van der Waals surface area contributed by atoms with Crippen molar-refractivity contribution in [3.63, 3.8) is 0 Å². The number of alkyl halides is 2. The Morgan fingerprint density at radius 2 is 2.04 bits per heavy atom. The third kappa shape index (κ3) is 2.99. The molecule has 3 rings (SSSR count). The molecule has 1 N–H and O–H groups in total. The monoisotopic (exact) mass is 368 g/mol. The van der Waals surface area contributed by atoms with Gasteiger partial charge in [-0.3, -0.25) is 14.3 Å². The van der Waals surface area contributed by atoms with Gasteiger partial charge in [-0.1, -0.05) is 12.8 Å². The van der Waals surface area contributed by atoms with E-state index in [2.05, 4.69) is 10.4 Å². The fourth-order valence-electron chi connectivity index (χ4n) is 4.35. The Balaban J connectivity index is 1.74. The average Bonchev–Trinajstić information content (AvgIpc) is 3.28. The molecule has 0 spiro atoms. The highest BCUT2D eigenvalue weighted by Crippen LogP contribution is 2.44. The van der Waals surface area contributed by atoms with Gasteiger partial charge in [-0.25, -0.2) is 8.78 Å². The van der Waals surface area contributed by atoms with E-state index in [0.717, 1.165) is 11.3 Å². The van der Waals surface area contributed by atoms with Crippen LogP contribution in [0.5, 0.6) is 0 Å². The molecular formula is C18H26F2N4O2. The highest BCUT2D eigenvalue weighted by molar-refractivity contribution is 5.84. The standard InChI is InChI=1S/C18H26F2N4O2/c1-11-13(10-22-24(11)3)15-12(8-14(25)23(15)2)9-21-17(26)18(16(19)20)6-4-5-7-18/h10,12,15-16H,4-9H2,1-3H3,(H,21,26)/t12-,15+/m1/s1. The van der Waals surface area contributed by atoms with Crippen molar-refractivity contribution in [2.24, 2.45) is 18.4 Å². The Kier molecular flexibility index (Phi) is 5.03. The lowest BCUT2D eigenvalue weighted by atomic mass is 9.85. The number of hydrogen-bond donors (Lipinski definition) is 1. The number of carbonyl (C=O) groups excluding carboxylic acids is 2. The number of aryl methyl sites for hydroxylation is 1. The van der Waals surface area contributed by atoms with Crippen LogP contribution < -0.4 is 5.32 Å². The summed E-state index contributed by atoms with van der Waals surface area (Å²) < 4.78 is 28.8. The van der Waals surface area contributed by atoms with Crippen LogP contribution in [-0.4, -0.2) is 46.5 Å². The van der Waals surface area contributed by atoms with E-state index >= 15 is 0 Å². The largest absolute Gasteiger partial charge is 0.355 e. The van der Waals surface area contributed by atoms with Gasteiger partial charge in [0.05, 0.1) is 12.2 Å². The molecule has 0 aromatic carbocycles. The number of nitrogens with zero attached hydrogens (tertiary/aromatic N) is 3. The summed E-state index contributed by atoms with van der Waals surface area (Å²) in [5, 5.41) is 6.97. The van der Waals surface area contributed by atoms with Crippen molar-refractivity contribution in [2.75, 3.05) is 13.6 Å². The number of halogens is 2. The van der Waals surface area contributed by atoms with Gasteiger partial charge in [0.15, 0.2) is 0 Å². The highest BCUT2D eigenvalue weighted by atomic mass is 19.3. The molecule has 1 saturated carbocycles. The first-order chi connectivity index (χ1) is 12.3. The van der Waals surface area contributed by atoms with E-state index in [4.69, 9.17) is 0 Å². The van der Waals surface area contributed by atoms with Crippen LogP contribution in [0.3, 0.4) is 0 Å². The SMILES string of the molecule is Cc1c([C@@H]2[C@@H](CNC(=O)C3(C(F)F)CCCC3)CC(=O)N2C)cnn1C. The lowest BCUT2D eigenvalue weighted by Gasteiger charge is -2.29. The second kappa shape index (κ2) is 6.96. The van der Waals surface area contributed by atoms with Crippen LogP contribution in [0.15, 0.2) is 6.20 Å². The van der Waals surface area contributed by atoms with Crippen molar-refractivity contribution in [1.29, 1.82) is 0 Å². The average molecular weight is 368 g/mol. The minimum absolute atomic E-state index is 0.0121. The Labute approximate surface area is 151 Å². The van der Waals surface area contributed by atoms with Crippen molar-refractivity contribution in [3.05, 3.63) is 17.5 Å².